The van der Waals surface area contributed by atoms with Crippen LogP contribution in [0.4, 0.5) is 24.5 Å². The van der Waals surface area contributed by atoms with Crippen molar-refractivity contribution in [3.8, 4) is 0 Å². The van der Waals surface area contributed by atoms with Gasteiger partial charge < -0.3 is 9.88 Å². The third-order valence-corrected chi connectivity index (χ3v) is 3.86. The fourth-order valence-corrected chi connectivity index (χ4v) is 2.56. The molecule has 0 fully saturated rings. The van der Waals surface area contributed by atoms with E-state index in [9.17, 15) is 18.0 Å². The van der Waals surface area contributed by atoms with Gasteiger partial charge >= 0.3 is 6.18 Å². The summed E-state index contributed by atoms with van der Waals surface area (Å²) in [5, 5.41) is 0.315. The van der Waals surface area contributed by atoms with Gasteiger partial charge in [0.1, 0.15) is 5.69 Å². The second kappa shape index (κ2) is 5.98. The van der Waals surface area contributed by atoms with E-state index < -0.39 is 17.6 Å². The summed E-state index contributed by atoms with van der Waals surface area (Å²) in [4.78, 5) is 19.7. The SMILES string of the molecule is [C-]#[N+]c1ccc(N(C)C(=O)c2cc3cccc(C(F)(F)F)c3[nH]2)cc1. The molecule has 2 aromatic carbocycles. The Bertz CT molecular complexity index is 981. The lowest BCUT2D eigenvalue weighted by Crippen LogP contribution is -2.26. The van der Waals surface area contributed by atoms with E-state index in [1.807, 2.05) is 0 Å². The molecule has 1 amide bonds. The van der Waals surface area contributed by atoms with E-state index in [1.165, 1.54) is 30.1 Å². The molecule has 0 aliphatic carbocycles. The van der Waals surface area contributed by atoms with Gasteiger partial charge in [-0.3, -0.25) is 4.79 Å². The topological polar surface area (TPSA) is 40.5 Å². The summed E-state index contributed by atoms with van der Waals surface area (Å²) in [5.74, 6) is -0.472. The number of hydrogen-bond donors (Lipinski definition) is 1. The van der Waals surface area contributed by atoms with Crippen LogP contribution in [0, 0.1) is 6.57 Å². The van der Waals surface area contributed by atoms with Gasteiger partial charge in [0.15, 0.2) is 5.69 Å². The first kappa shape index (κ1) is 16.6. The first-order valence-electron chi connectivity index (χ1n) is 7.26. The minimum atomic E-state index is -4.51. The van der Waals surface area contributed by atoms with Crippen LogP contribution in [-0.4, -0.2) is 17.9 Å². The maximum Gasteiger partial charge on any atom is 0.418 e. The minimum Gasteiger partial charge on any atom is -0.350 e. The van der Waals surface area contributed by atoms with Crippen molar-refractivity contribution in [1.29, 1.82) is 0 Å². The highest BCUT2D eigenvalue weighted by Gasteiger charge is 2.33. The van der Waals surface area contributed by atoms with Gasteiger partial charge in [0.2, 0.25) is 0 Å². The van der Waals surface area contributed by atoms with Crippen molar-refractivity contribution in [1.82, 2.24) is 4.98 Å². The number of alkyl halides is 3. The predicted molar refractivity (Wildman–Crippen MR) is 88.7 cm³/mol. The predicted octanol–water partition coefficient (Wildman–Crippen LogP) is 5.01. The molecular weight excluding hydrogens is 331 g/mol. The number of carbonyl (C=O) groups is 1. The Kier molecular flexibility index (Phi) is 3.97. The van der Waals surface area contributed by atoms with Gasteiger partial charge in [-0.2, -0.15) is 13.2 Å². The van der Waals surface area contributed by atoms with E-state index in [0.717, 1.165) is 6.07 Å². The molecule has 0 aliphatic rings. The minimum absolute atomic E-state index is 0.0588. The van der Waals surface area contributed by atoms with E-state index in [2.05, 4.69) is 9.83 Å². The van der Waals surface area contributed by atoms with Crippen molar-refractivity contribution in [2.45, 2.75) is 6.18 Å². The van der Waals surface area contributed by atoms with Crippen LogP contribution in [0.2, 0.25) is 0 Å². The van der Waals surface area contributed by atoms with E-state index in [0.29, 0.717) is 16.8 Å². The number of nitrogens with one attached hydrogen (secondary N) is 1. The number of nitrogens with zero attached hydrogens (tertiary/aromatic N) is 2. The number of aromatic amines is 1. The summed E-state index contributed by atoms with van der Waals surface area (Å²) in [7, 11) is 1.52. The second-order valence-electron chi connectivity index (χ2n) is 5.44. The van der Waals surface area contributed by atoms with Gasteiger partial charge in [0.25, 0.3) is 5.91 Å². The van der Waals surface area contributed by atoms with Crippen LogP contribution in [0.15, 0.2) is 48.5 Å². The lowest BCUT2D eigenvalue weighted by Gasteiger charge is -2.16. The molecule has 1 heterocycles. The summed E-state index contributed by atoms with van der Waals surface area (Å²) in [6.07, 6.45) is -4.51. The second-order valence-corrected chi connectivity index (χ2v) is 5.44. The van der Waals surface area contributed by atoms with E-state index in [4.69, 9.17) is 6.57 Å². The largest absolute Gasteiger partial charge is 0.418 e. The van der Waals surface area contributed by atoms with Crippen molar-refractivity contribution >= 4 is 28.2 Å². The van der Waals surface area contributed by atoms with E-state index in [-0.39, 0.29) is 11.2 Å². The molecule has 4 nitrogen and oxygen atoms in total. The average Bonchev–Trinajstić information content (AvgIpc) is 3.03. The third kappa shape index (κ3) is 3.06. The smallest absolute Gasteiger partial charge is 0.350 e. The lowest BCUT2D eigenvalue weighted by atomic mass is 10.1. The van der Waals surface area contributed by atoms with Gasteiger partial charge in [0.05, 0.1) is 17.7 Å². The molecule has 1 N–H and O–H groups in total. The molecule has 3 aromatic rings. The van der Waals surface area contributed by atoms with Crippen LogP contribution < -0.4 is 4.90 Å². The monoisotopic (exact) mass is 343 g/mol. The molecule has 126 valence electrons. The highest BCUT2D eigenvalue weighted by Crippen LogP contribution is 2.34. The quantitative estimate of drug-likeness (QED) is 0.653. The number of H-pyrrole nitrogens is 1. The zero-order chi connectivity index (χ0) is 18.2. The van der Waals surface area contributed by atoms with E-state index >= 15 is 0 Å². The summed E-state index contributed by atoms with van der Waals surface area (Å²) >= 11 is 0. The van der Waals surface area contributed by atoms with Gasteiger partial charge in [-0.25, -0.2) is 4.85 Å². The summed E-state index contributed by atoms with van der Waals surface area (Å²) in [6.45, 7) is 6.92. The molecule has 0 bridgehead atoms. The zero-order valence-corrected chi connectivity index (χ0v) is 13.1. The standard InChI is InChI=1S/C18H12F3N3O/c1-22-12-6-8-13(9-7-12)24(2)17(25)15-10-11-4-3-5-14(16(11)23-15)18(19,20)21/h3-10,23H,2H3. The lowest BCUT2D eigenvalue weighted by molar-refractivity contribution is -0.136. The van der Waals surface area contributed by atoms with Crippen molar-refractivity contribution < 1.29 is 18.0 Å². The summed E-state index contributed by atoms with van der Waals surface area (Å²) in [5.41, 5.74) is 0.101. The zero-order valence-electron chi connectivity index (χ0n) is 13.1. The molecule has 0 atom stereocenters. The maximum atomic E-state index is 13.1. The normalized spacial score (nSPS) is 11.3. The molecule has 0 spiro atoms. The van der Waals surface area contributed by atoms with Crippen molar-refractivity contribution in [3.63, 3.8) is 0 Å². The highest BCUT2D eigenvalue weighted by atomic mass is 19.4. The average molecular weight is 343 g/mol. The molecule has 3 rings (SSSR count). The number of rotatable bonds is 2. The Labute approximate surface area is 141 Å². The number of anilines is 1. The fourth-order valence-electron chi connectivity index (χ4n) is 2.56. The first-order valence-corrected chi connectivity index (χ1v) is 7.26. The molecule has 0 saturated carbocycles. The Morgan fingerprint density at radius 1 is 1.16 bits per heavy atom. The summed E-state index contributed by atoms with van der Waals surface area (Å²) in [6, 6.07) is 11.5. The molecule has 7 heteroatoms. The molecule has 25 heavy (non-hydrogen) atoms. The van der Waals surface area contributed by atoms with Crippen LogP contribution in [0.25, 0.3) is 15.7 Å². The fraction of sp³-hybridized carbons (Fsp3) is 0.111. The summed E-state index contributed by atoms with van der Waals surface area (Å²) < 4.78 is 39.3. The molecule has 0 unspecified atom stereocenters. The van der Waals surface area contributed by atoms with Crippen LogP contribution >= 0.6 is 0 Å². The number of para-hydroxylation sites is 1. The van der Waals surface area contributed by atoms with Crippen molar-refractivity contribution in [2.24, 2.45) is 0 Å². The Hall–Kier alpha value is -3.27. The van der Waals surface area contributed by atoms with Crippen molar-refractivity contribution in [2.75, 3.05) is 11.9 Å². The molecule has 0 aliphatic heterocycles. The number of carbonyl (C=O) groups excluding carboxylic acids is 1. The Morgan fingerprint density at radius 3 is 2.44 bits per heavy atom. The number of hydrogen-bond acceptors (Lipinski definition) is 1. The molecule has 0 saturated heterocycles. The maximum absolute atomic E-state index is 13.1. The number of aromatic nitrogens is 1. The van der Waals surface area contributed by atoms with Gasteiger partial charge in [-0.05, 0) is 24.3 Å². The Balaban J connectivity index is 1.98. The number of amides is 1. The third-order valence-electron chi connectivity index (χ3n) is 3.86. The van der Waals surface area contributed by atoms with Crippen LogP contribution in [-0.2, 0) is 6.18 Å². The van der Waals surface area contributed by atoms with Gasteiger partial charge in [-0.1, -0.05) is 24.3 Å². The first-order chi connectivity index (χ1) is 11.8. The van der Waals surface area contributed by atoms with Crippen molar-refractivity contribution in [3.05, 3.63) is 71.2 Å². The molecule has 1 aromatic heterocycles. The van der Waals surface area contributed by atoms with Gasteiger partial charge in [0, 0.05) is 18.1 Å². The number of halogens is 3. The Morgan fingerprint density at radius 2 is 1.84 bits per heavy atom. The number of benzene rings is 2. The van der Waals surface area contributed by atoms with Gasteiger partial charge in [-0.15, -0.1) is 0 Å². The molecule has 0 radical (unpaired) electrons. The van der Waals surface area contributed by atoms with Crippen LogP contribution in [0.3, 0.4) is 0 Å². The van der Waals surface area contributed by atoms with Crippen LogP contribution in [0.5, 0.6) is 0 Å². The molecular formula is C18H12F3N3O. The highest BCUT2D eigenvalue weighted by molar-refractivity contribution is 6.07. The van der Waals surface area contributed by atoms with Crippen LogP contribution in [0.1, 0.15) is 16.1 Å². The number of fused-ring (bicyclic) bond motifs is 1. The van der Waals surface area contributed by atoms with E-state index in [1.54, 1.807) is 24.3 Å².